The van der Waals surface area contributed by atoms with Crippen LogP contribution in [0.15, 0.2) is 79.1 Å². The maximum absolute atomic E-state index is 12.7. The highest BCUT2D eigenvalue weighted by Gasteiger charge is 2.28. The molecule has 3 rings (SSSR count). The predicted octanol–water partition coefficient (Wildman–Crippen LogP) is 4.08. The van der Waals surface area contributed by atoms with Crippen molar-refractivity contribution in [2.75, 3.05) is 19.7 Å². The summed E-state index contributed by atoms with van der Waals surface area (Å²) < 4.78 is 16.6. The molecule has 2 aromatic carbocycles. The normalized spacial score (nSPS) is 14.9. The number of amides is 2. The van der Waals surface area contributed by atoms with E-state index < -0.39 is 53.8 Å². The number of aliphatic hydroxyl groups is 3. The van der Waals surface area contributed by atoms with Gasteiger partial charge in [0.25, 0.3) is 0 Å². The van der Waals surface area contributed by atoms with E-state index in [-0.39, 0.29) is 26.1 Å². The number of nitrogens with one attached hydrogen (secondary N) is 3. The summed E-state index contributed by atoms with van der Waals surface area (Å²) in [6.07, 6.45) is -0.417. The third-order valence-electron chi connectivity index (χ3n) is 7.19. The van der Waals surface area contributed by atoms with Crippen LogP contribution in [0.2, 0.25) is 0 Å². The van der Waals surface area contributed by atoms with Crippen LogP contribution in [0.1, 0.15) is 64.3 Å². The Kier molecular flexibility index (Phi) is 14.8. The Hall–Kier alpha value is -4.23. The summed E-state index contributed by atoms with van der Waals surface area (Å²) >= 11 is 0. The molecule has 12 nitrogen and oxygen atoms in total. The molecule has 5 unspecified atom stereocenters. The molecule has 0 bridgehead atoms. The second-order valence-electron chi connectivity index (χ2n) is 13.9. The molecule has 0 saturated heterocycles. The molecule has 1 heterocycles. The zero-order chi connectivity index (χ0) is 36.0. The molecule has 6 N–H and O–H groups in total. The van der Waals surface area contributed by atoms with E-state index in [0.29, 0.717) is 17.7 Å². The lowest BCUT2D eigenvalue weighted by Gasteiger charge is -2.29. The van der Waals surface area contributed by atoms with Gasteiger partial charge in [-0.2, -0.15) is 0 Å². The van der Waals surface area contributed by atoms with E-state index in [1.807, 2.05) is 42.5 Å². The summed E-state index contributed by atoms with van der Waals surface area (Å²) in [5.74, 6) is 0.546. The van der Waals surface area contributed by atoms with E-state index >= 15 is 0 Å². The Morgan fingerprint density at radius 2 is 1.22 bits per heavy atom. The predicted molar refractivity (Wildman–Crippen MR) is 186 cm³/mol. The van der Waals surface area contributed by atoms with Crippen LogP contribution in [0, 0.1) is 0 Å². The van der Waals surface area contributed by atoms with Crippen LogP contribution in [0.4, 0.5) is 9.59 Å². The van der Waals surface area contributed by atoms with Crippen LogP contribution in [0.3, 0.4) is 0 Å². The Morgan fingerprint density at radius 1 is 0.714 bits per heavy atom. The summed E-state index contributed by atoms with van der Waals surface area (Å²) in [7, 11) is 0. The highest BCUT2D eigenvalue weighted by atomic mass is 16.6. The standard InChI is InChI=1S/C37H52N4O8/c1-36(2,3)48-34(45)40-29(19-25-11-8-7-9-12-25)31(42)22-39-23-32(43)30(41-35(46)49-37(4,5)6)20-26-14-16-28(17-15-26)47-24-33(44)27-13-10-18-38-21-27/h7-18,21,29-33,39,42-44H,19-20,22-24H2,1-6H3,(H,40,45)(H,41,46). The lowest BCUT2D eigenvalue weighted by atomic mass is 10.00. The molecular formula is C37H52N4O8. The molecule has 12 heteroatoms. The van der Waals surface area contributed by atoms with Crippen molar-refractivity contribution in [2.24, 2.45) is 0 Å². The van der Waals surface area contributed by atoms with Crippen LogP contribution in [-0.4, -0.2) is 87.7 Å². The van der Waals surface area contributed by atoms with E-state index in [9.17, 15) is 24.9 Å². The number of alkyl carbamates (subject to hydrolysis) is 2. The smallest absolute Gasteiger partial charge is 0.407 e. The number of hydrogen-bond acceptors (Lipinski definition) is 10. The lowest BCUT2D eigenvalue weighted by Crippen LogP contribution is -2.53. The van der Waals surface area contributed by atoms with Gasteiger partial charge < -0.3 is 45.5 Å². The van der Waals surface area contributed by atoms with Gasteiger partial charge in [0, 0.05) is 31.0 Å². The van der Waals surface area contributed by atoms with Crippen LogP contribution in [0.25, 0.3) is 0 Å². The van der Waals surface area contributed by atoms with E-state index in [0.717, 1.165) is 11.1 Å². The fourth-order valence-electron chi connectivity index (χ4n) is 4.84. The molecule has 2 amide bonds. The van der Waals surface area contributed by atoms with Crippen molar-refractivity contribution in [1.82, 2.24) is 20.9 Å². The molecule has 0 saturated carbocycles. The number of aromatic nitrogens is 1. The molecule has 1 aromatic heterocycles. The number of benzene rings is 2. The van der Waals surface area contributed by atoms with Gasteiger partial charge in [-0.1, -0.05) is 48.5 Å². The van der Waals surface area contributed by atoms with Gasteiger partial charge in [-0.3, -0.25) is 4.98 Å². The number of rotatable bonds is 16. The summed E-state index contributed by atoms with van der Waals surface area (Å²) in [5, 5.41) is 41.3. The highest BCUT2D eigenvalue weighted by molar-refractivity contribution is 5.68. The van der Waals surface area contributed by atoms with Crippen LogP contribution < -0.4 is 20.7 Å². The molecule has 0 radical (unpaired) electrons. The molecule has 0 spiro atoms. The highest BCUT2D eigenvalue weighted by Crippen LogP contribution is 2.18. The van der Waals surface area contributed by atoms with E-state index in [1.165, 1.54) is 0 Å². The molecule has 3 aromatic rings. The number of carbonyl (C=O) groups excluding carboxylic acids is 2. The molecule has 0 aliphatic carbocycles. The van der Waals surface area contributed by atoms with Crippen molar-refractivity contribution in [3.8, 4) is 5.75 Å². The average Bonchev–Trinajstić information content (AvgIpc) is 3.02. The third kappa shape index (κ3) is 15.2. The summed E-state index contributed by atoms with van der Waals surface area (Å²) in [4.78, 5) is 29.3. The fourth-order valence-corrected chi connectivity index (χ4v) is 4.84. The van der Waals surface area contributed by atoms with Crippen molar-refractivity contribution >= 4 is 12.2 Å². The Bertz CT molecular complexity index is 1410. The molecule has 0 aliphatic heterocycles. The minimum absolute atomic E-state index is 0.0233. The zero-order valence-corrected chi connectivity index (χ0v) is 29.3. The van der Waals surface area contributed by atoms with Gasteiger partial charge in [0.15, 0.2) is 0 Å². The molecule has 0 fully saturated rings. The quantitative estimate of drug-likeness (QED) is 0.130. The molecule has 268 valence electrons. The van der Waals surface area contributed by atoms with Gasteiger partial charge in [0.1, 0.15) is 29.7 Å². The first kappa shape index (κ1) is 39.2. The van der Waals surface area contributed by atoms with Crippen molar-refractivity contribution in [1.29, 1.82) is 0 Å². The van der Waals surface area contributed by atoms with E-state index in [4.69, 9.17) is 14.2 Å². The Labute approximate surface area is 289 Å². The van der Waals surface area contributed by atoms with Gasteiger partial charge in [-0.05, 0) is 83.7 Å². The first-order chi connectivity index (χ1) is 23.1. The van der Waals surface area contributed by atoms with Crippen LogP contribution >= 0.6 is 0 Å². The number of nitrogens with zero attached hydrogens (tertiary/aromatic N) is 1. The SMILES string of the molecule is CC(C)(C)OC(=O)NC(Cc1ccccc1)C(O)CNCC(O)C(Cc1ccc(OCC(O)c2cccnc2)cc1)NC(=O)OC(C)(C)C. The average molecular weight is 681 g/mol. The van der Waals surface area contributed by atoms with Crippen molar-refractivity contribution in [3.05, 3.63) is 95.8 Å². The fraction of sp³-hybridized carbons (Fsp3) is 0.486. The summed E-state index contributed by atoms with van der Waals surface area (Å²) in [5.41, 5.74) is 0.934. The monoisotopic (exact) mass is 680 g/mol. The maximum atomic E-state index is 12.7. The number of ether oxygens (including phenoxy) is 3. The van der Waals surface area contributed by atoms with Crippen molar-refractivity contribution in [2.45, 2.75) is 96.0 Å². The molecule has 5 atom stereocenters. The van der Waals surface area contributed by atoms with Gasteiger partial charge >= 0.3 is 12.2 Å². The number of hydrogen-bond donors (Lipinski definition) is 6. The lowest BCUT2D eigenvalue weighted by molar-refractivity contribution is 0.0399. The maximum Gasteiger partial charge on any atom is 0.407 e. The van der Waals surface area contributed by atoms with Crippen molar-refractivity contribution < 1.29 is 39.1 Å². The largest absolute Gasteiger partial charge is 0.491 e. The summed E-state index contributed by atoms with van der Waals surface area (Å²) in [6.45, 7) is 10.7. The topological polar surface area (TPSA) is 172 Å². The minimum atomic E-state index is -1.07. The van der Waals surface area contributed by atoms with Gasteiger partial charge in [0.05, 0.1) is 24.3 Å². The van der Waals surface area contributed by atoms with Gasteiger partial charge in [-0.25, -0.2) is 9.59 Å². The Morgan fingerprint density at radius 3 is 1.69 bits per heavy atom. The van der Waals surface area contributed by atoms with Crippen LogP contribution in [0.5, 0.6) is 5.75 Å². The summed E-state index contributed by atoms with van der Waals surface area (Å²) in [6, 6.07) is 18.7. The Balaban J connectivity index is 1.62. The van der Waals surface area contributed by atoms with Crippen LogP contribution in [-0.2, 0) is 22.3 Å². The first-order valence-corrected chi connectivity index (χ1v) is 16.5. The first-order valence-electron chi connectivity index (χ1n) is 16.5. The third-order valence-corrected chi connectivity index (χ3v) is 7.19. The van der Waals surface area contributed by atoms with Gasteiger partial charge in [0.2, 0.25) is 0 Å². The number of carbonyl (C=O) groups is 2. The minimum Gasteiger partial charge on any atom is -0.491 e. The van der Waals surface area contributed by atoms with E-state index in [1.54, 1.807) is 78.2 Å². The number of aliphatic hydroxyl groups excluding tert-OH is 3. The van der Waals surface area contributed by atoms with Gasteiger partial charge in [-0.15, -0.1) is 0 Å². The second-order valence-corrected chi connectivity index (χ2v) is 13.9. The van der Waals surface area contributed by atoms with Crippen molar-refractivity contribution in [3.63, 3.8) is 0 Å². The second kappa shape index (κ2) is 18.5. The molecule has 0 aliphatic rings. The molecule has 49 heavy (non-hydrogen) atoms. The number of pyridine rings is 1. The van der Waals surface area contributed by atoms with E-state index in [2.05, 4.69) is 20.9 Å². The zero-order valence-electron chi connectivity index (χ0n) is 29.3. The molecular weight excluding hydrogens is 628 g/mol.